The number of nitrogens with two attached hydrogens (primary N) is 1. The van der Waals surface area contributed by atoms with Gasteiger partial charge in [0.1, 0.15) is 5.75 Å². The van der Waals surface area contributed by atoms with Crippen LogP contribution in [0.5, 0.6) is 5.75 Å². The third-order valence-corrected chi connectivity index (χ3v) is 5.34. The van der Waals surface area contributed by atoms with Crippen LogP contribution >= 0.6 is 0 Å². The first kappa shape index (κ1) is 17.7. The summed E-state index contributed by atoms with van der Waals surface area (Å²) in [5.41, 5.74) is 6.33. The molecular formula is C19H27N3O3. The molecule has 1 saturated heterocycles. The van der Waals surface area contributed by atoms with Crippen molar-refractivity contribution in [2.24, 2.45) is 11.7 Å². The predicted molar refractivity (Wildman–Crippen MR) is 95.0 cm³/mol. The van der Waals surface area contributed by atoms with Crippen molar-refractivity contribution in [1.82, 2.24) is 10.2 Å². The summed E-state index contributed by atoms with van der Waals surface area (Å²) in [5, 5.41) is 3.18. The molecule has 1 aromatic rings. The molecule has 2 amide bonds. The molecule has 0 spiro atoms. The number of nitrogens with zero attached hydrogens (tertiary/aromatic N) is 1. The van der Waals surface area contributed by atoms with Gasteiger partial charge in [0.05, 0.1) is 18.7 Å². The molecule has 6 heteroatoms. The van der Waals surface area contributed by atoms with Crippen molar-refractivity contribution in [2.75, 3.05) is 19.7 Å². The predicted octanol–water partition coefficient (Wildman–Crippen LogP) is 1.60. The molecule has 0 saturated carbocycles. The highest BCUT2D eigenvalue weighted by molar-refractivity contribution is 5.82. The molecule has 3 rings (SSSR count). The van der Waals surface area contributed by atoms with Crippen LogP contribution in [0.1, 0.15) is 44.2 Å². The number of nitrogens with one attached hydrogen (secondary N) is 1. The second kappa shape index (κ2) is 7.87. The van der Waals surface area contributed by atoms with Gasteiger partial charge in [0.2, 0.25) is 11.8 Å². The molecule has 2 aliphatic rings. The number of hydrogen-bond acceptors (Lipinski definition) is 4. The number of carbonyl (C=O) groups is 2. The molecule has 3 N–H and O–H groups in total. The fourth-order valence-electron chi connectivity index (χ4n) is 3.78. The number of fused-ring (bicyclic) bond motifs is 1. The Hall–Kier alpha value is -2.08. The maximum Gasteiger partial charge on any atom is 0.237 e. The number of piperidine rings is 1. The summed E-state index contributed by atoms with van der Waals surface area (Å²) in [6.45, 7) is 4.23. The van der Waals surface area contributed by atoms with Gasteiger partial charge >= 0.3 is 0 Å². The van der Waals surface area contributed by atoms with Gasteiger partial charge in [-0.25, -0.2) is 0 Å². The Morgan fingerprint density at radius 3 is 2.72 bits per heavy atom. The van der Waals surface area contributed by atoms with Crippen molar-refractivity contribution < 1.29 is 14.3 Å². The molecule has 0 unspecified atom stereocenters. The van der Waals surface area contributed by atoms with Crippen molar-refractivity contribution in [3.63, 3.8) is 0 Å². The van der Waals surface area contributed by atoms with E-state index in [2.05, 4.69) is 10.2 Å². The highest BCUT2D eigenvalue weighted by atomic mass is 16.5. The highest BCUT2D eigenvalue weighted by Gasteiger charge is 2.30. The van der Waals surface area contributed by atoms with E-state index in [0.29, 0.717) is 18.9 Å². The van der Waals surface area contributed by atoms with E-state index in [-0.39, 0.29) is 23.9 Å². The Kier molecular flexibility index (Phi) is 5.58. The molecule has 136 valence electrons. The second-order valence-electron chi connectivity index (χ2n) is 7.06. The molecule has 2 aliphatic heterocycles. The maximum absolute atomic E-state index is 12.7. The van der Waals surface area contributed by atoms with Gasteiger partial charge in [0.25, 0.3) is 0 Å². The average Bonchev–Trinajstić information content (AvgIpc) is 2.61. The Morgan fingerprint density at radius 1 is 1.28 bits per heavy atom. The van der Waals surface area contributed by atoms with Crippen molar-refractivity contribution >= 4 is 11.8 Å². The van der Waals surface area contributed by atoms with Crippen LogP contribution in [0.15, 0.2) is 24.3 Å². The number of rotatable bonds is 5. The number of primary amides is 1. The van der Waals surface area contributed by atoms with Crippen LogP contribution in [0, 0.1) is 5.92 Å². The van der Waals surface area contributed by atoms with Gasteiger partial charge in [-0.05, 0) is 44.8 Å². The quantitative estimate of drug-likeness (QED) is 0.849. The molecule has 0 aromatic heterocycles. The summed E-state index contributed by atoms with van der Waals surface area (Å²) in [4.78, 5) is 26.0. The zero-order valence-electron chi connectivity index (χ0n) is 14.7. The van der Waals surface area contributed by atoms with E-state index in [1.54, 1.807) is 0 Å². The number of para-hydroxylation sites is 1. The summed E-state index contributed by atoms with van der Waals surface area (Å²) in [5.74, 6) is 1.03. The average molecular weight is 345 g/mol. The minimum atomic E-state index is -0.234. The maximum atomic E-state index is 12.7. The Morgan fingerprint density at radius 2 is 2.00 bits per heavy atom. The van der Waals surface area contributed by atoms with Crippen molar-refractivity contribution in [3.05, 3.63) is 29.8 Å². The zero-order valence-corrected chi connectivity index (χ0v) is 14.7. The monoisotopic (exact) mass is 345 g/mol. The van der Waals surface area contributed by atoms with E-state index >= 15 is 0 Å². The lowest BCUT2D eigenvalue weighted by Crippen LogP contribution is -2.49. The van der Waals surface area contributed by atoms with Gasteiger partial charge in [-0.1, -0.05) is 18.2 Å². The van der Waals surface area contributed by atoms with E-state index in [4.69, 9.17) is 10.5 Å². The number of ether oxygens (including phenoxy) is 1. The molecule has 25 heavy (non-hydrogen) atoms. The summed E-state index contributed by atoms with van der Waals surface area (Å²) in [7, 11) is 0. The fourth-order valence-corrected chi connectivity index (χ4v) is 3.78. The van der Waals surface area contributed by atoms with Gasteiger partial charge in [0, 0.05) is 18.4 Å². The topological polar surface area (TPSA) is 84.7 Å². The van der Waals surface area contributed by atoms with E-state index in [9.17, 15) is 9.59 Å². The van der Waals surface area contributed by atoms with Crippen LogP contribution in [0.25, 0.3) is 0 Å². The largest absolute Gasteiger partial charge is 0.493 e. The first-order chi connectivity index (χ1) is 12.0. The van der Waals surface area contributed by atoms with Crippen LogP contribution < -0.4 is 15.8 Å². The van der Waals surface area contributed by atoms with Gasteiger partial charge < -0.3 is 15.8 Å². The summed E-state index contributed by atoms with van der Waals surface area (Å²) in [6.07, 6.45) is 3.07. The molecule has 0 bridgehead atoms. The lowest BCUT2D eigenvalue weighted by molar-refractivity contribution is -0.128. The van der Waals surface area contributed by atoms with Gasteiger partial charge in [-0.3, -0.25) is 14.5 Å². The molecule has 1 fully saturated rings. The molecule has 6 nitrogen and oxygen atoms in total. The van der Waals surface area contributed by atoms with Crippen LogP contribution in [-0.4, -0.2) is 42.5 Å². The summed E-state index contributed by atoms with van der Waals surface area (Å²) < 4.78 is 5.66. The number of carbonyl (C=O) groups excluding carboxylic acids is 2. The number of hydrogen-bond donors (Lipinski definition) is 2. The van der Waals surface area contributed by atoms with Crippen LogP contribution in [0.4, 0.5) is 0 Å². The van der Waals surface area contributed by atoms with E-state index < -0.39 is 0 Å². The summed E-state index contributed by atoms with van der Waals surface area (Å²) >= 11 is 0. The highest BCUT2D eigenvalue weighted by Crippen LogP contribution is 2.31. The first-order valence-corrected chi connectivity index (χ1v) is 9.09. The molecule has 0 aliphatic carbocycles. The fraction of sp³-hybridized carbons (Fsp3) is 0.579. The van der Waals surface area contributed by atoms with Crippen molar-refractivity contribution in [3.8, 4) is 5.75 Å². The third-order valence-electron chi connectivity index (χ3n) is 5.34. The lowest BCUT2D eigenvalue weighted by Gasteiger charge is -2.36. The number of benzene rings is 1. The molecule has 1 aromatic carbocycles. The first-order valence-electron chi connectivity index (χ1n) is 9.09. The number of likely N-dealkylation sites (tertiary alicyclic amines) is 1. The normalized spacial score (nSPS) is 22.5. The van der Waals surface area contributed by atoms with Gasteiger partial charge in [-0.15, -0.1) is 0 Å². The SMILES string of the molecule is C[C@@H](C(=O)N[C@@H]1CCOc2ccccc21)N1CCC(CC(N)=O)CC1. The third kappa shape index (κ3) is 4.31. The smallest absolute Gasteiger partial charge is 0.237 e. The minimum Gasteiger partial charge on any atom is -0.493 e. The Bertz CT molecular complexity index is 626. The van der Waals surface area contributed by atoms with E-state index in [0.717, 1.165) is 43.7 Å². The van der Waals surface area contributed by atoms with E-state index in [1.165, 1.54) is 0 Å². The Balaban J connectivity index is 1.55. The van der Waals surface area contributed by atoms with Crippen LogP contribution in [0.2, 0.25) is 0 Å². The van der Waals surface area contributed by atoms with Gasteiger partial charge in [0.15, 0.2) is 0 Å². The molecular weight excluding hydrogens is 318 g/mol. The molecule has 0 radical (unpaired) electrons. The van der Waals surface area contributed by atoms with Crippen molar-refractivity contribution in [1.29, 1.82) is 0 Å². The number of amides is 2. The second-order valence-corrected chi connectivity index (χ2v) is 7.06. The minimum absolute atomic E-state index is 0.00676. The lowest BCUT2D eigenvalue weighted by atomic mass is 9.92. The van der Waals surface area contributed by atoms with Crippen LogP contribution in [-0.2, 0) is 9.59 Å². The van der Waals surface area contributed by atoms with E-state index in [1.807, 2.05) is 31.2 Å². The molecule has 2 heterocycles. The zero-order chi connectivity index (χ0) is 17.8. The van der Waals surface area contributed by atoms with Crippen LogP contribution in [0.3, 0.4) is 0 Å². The van der Waals surface area contributed by atoms with Crippen molar-refractivity contribution in [2.45, 2.75) is 44.7 Å². The Labute approximate surface area is 148 Å². The summed E-state index contributed by atoms with van der Waals surface area (Å²) in [6, 6.07) is 7.71. The molecule has 2 atom stereocenters. The van der Waals surface area contributed by atoms with Gasteiger partial charge in [-0.2, -0.15) is 0 Å². The standard InChI is InChI=1S/C19H27N3O3/c1-13(22-9-6-14(7-10-22)12-18(20)23)19(24)21-16-8-11-25-17-5-3-2-4-15(16)17/h2-5,13-14,16H,6-12H2,1H3,(H2,20,23)(H,21,24)/t13-,16+/m0/s1.